The van der Waals surface area contributed by atoms with Gasteiger partial charge in [-0.1, -0.05) is 24.4 Å². The summed E-state index contributed by atoms with van der Waals surface area (Å²) in [4.78, 5) is 42.1. The van der Waals surface area contributed by atoms with Crippen molar-refractivity contribution in [3.8, 4) is 5.75 Å². The molecule has 10 nitrogen and oxygen atoms in total. The lowest BCUT2D eigenvalue weighted by atomic mass is 9.77. The molecule has 0 bridgehead atoms. The van der Waals surface area contributed by atoms with Gasteiger partial charge in [-0.2, -0.15) is 0 Å². The van der Waals surface area contributed by atoms with E-state index in [4.69, 9.17) is 27.9 Å². The second-order valence-electron chi connectivity index (χ2n) is 10.2. The van der Waals surface area contributed by atoms with Gasteiger partial charge in [0.1, 0.15) is 12.4 Å². The van der Waals surface area contributed by atoms with E-state index >= 15 is 0 Å². The molecule has 2 fully saturated rings. The monoisotopic (exact) mass is 533 g/mol. The third kappa shape index (κ3) is 5.96. The Morgan fingerprint density at radius 3 is 2.57 bits per heavy atom. The number of aliphatic carboxylic acids is 1. The Balaban J connectivity index is 1.71. The highest BCUT2D eigenvalue weighted by Crippen LogP contribution is 2.43. The van der Waals surface area contributed by atoms with Crippen LogP contribution in [0.15, 0.2) is 24.0 Å². The van der Waals surface area contributed by atoms with Gasteiger partial charge in [-0.05, 0) is 43.4 Å². The number of ether oxygens (including phenoxy) is 1. The quantitative estimate of drug-likeness (QED) is 0.341. The molecule has 2 amide bonds. The number of halogens is 1. The minimum absolute atomic E-state index is 0.0447. The number of carbonyl (C=O) groups is 3. The molecular weight excluding hydrogens is 498 g/mol. The summed E-state index contributed by atoms with van der Waals surface area (Å²) >= 11 is 6.62. The number of fused-ring (bicyclic) bond motifs is 1. The molecule has 5 N–H and O–H groups in total. The number of hydrazine groups is 1. The summed E-state index contributed by atoms with van der Waals surface area (Å²) in [7, 11) is 1.65. The molecule has 1 aromatic rings. The summed E-state index contributed by atoms with van der Waals surface area (Å²) in [5.41, 5.74) is 8.08. The lowest BCUT2D eigenvalue weighted by Crippen LogP contribution is -2.50. The van der Waals surface area contributed by atoms with Crippen LogP contribution in [0.2, 0.25) is 5.02 Å². The molecule has 202 valence electrons. The van der Waals surface area contributed by atoms with Gasteiger partial charge in [-0.25, -0.2) is 5.84 Å². The van der Waals surface area contributed by atoms with Crippen LogP contribution >= 0.6 is 11.6 Å². The van der Waals surface area contributed by atoms with E-state index in [1.54, 1.807) is 35.2 Å². The van der Waals surface area contributed by atoms with E-state index in [-0.39, 0.29) is 18.4 Å². The summed E-state index contributed by atoms with van der Waals surface area (Å²) < 4.78 is 6.11. The zero-order valence-corrected chi connectivity index (χ0v) is 22.0. The van der Waals surface area contributed by atoms with Crippen molar-refractivity contribution in [2.45, 2.75) is 51.0 Å². The first kappa shape index (κ1) is 27.1. The Kier molecular flexibility index (Phi) is 8.49. The summed E-state index contributed by atoms with van der Waals surface area (Å²) in [6.07, 6.45) is 5.95. The molecule has 2 heterocycles. The Morgan fingerprint density at radius 2 is 1.92 bits per heavy atom. The molecule has 1 saturated heterocycles. The highest BCUT2D eigenvalue weighted by atomic mass is 35.5. The van der Waals surface area contributed by atoms with Crippen LogP contribution in [0.25, 0.3) is 0 Å². The molecule has 0 radical (unpaired) electrons. The number of nitrogens with zero attached hydrogens (tertiary/aromatic N) is 3. The topological polar surface area (TPSA) is 142 Å². The van der Waals surface area contributed by atoms with Crippen molar-refractivity contribution < 1.29 is 24.2 Å². The van der Waals surface area contributed by atoms with Gasteiger partial charge in [-0.15, -0.1) is 0 Å². The summed E-state index contributed by atoms with van der Waals surface area (Å²) in [6, 6.07) is 3.02. The zero-order chi connectivity index (χ0) is 26.7. The smallest absolute Gasteiger partial charge is 0.307 e. The maximum absolute atomic E-state index is 14.0. The minimum atomic E-state index is -0.930. The molecule has 0 unspecified atom stereocenters. The van der Waals surface area contributed by atoms with Crippen molar-refractivity contribution in [3.05, 3.63) is 40.2 Å². The van der Waals surface area contributed by atoms with Crippen LogP contribution in [-0.4, -0.2) is 71.0 Å². The van der Waals surface area contributed by atoms with E-state index in [9.17, 15) is 19.5 Å². The summed E-state index contributed by atoms with van der Waals surface area (Å²) in [6.45, 7) is 1.38. The van der Waals surface area contributed by atoms with Crippen molar-refractivity contribution in [1.29, 1.82) is 0 Å². The first-order valence-corrected chi connectivity index (χ1v) is 13.2. The first-order valence-electron chi connectivity index (χ1n) is 12.9. The summed E-state index contributed by atoms with van der Waals surface area (Å²) in [5, 5.41) is 11.7. The highest BCUT2D eigenvalue weighted by molar-refractivity contribution is 6.31. The first-order chi connectivity index (χ1) is 17.7. The van der Waals surface area contributed by atoms with Gasteiger partial charge in [0.25, 0.3) is 0 Å². The van der Waals surface area contributed by atoms with Gasteiger partial charge in [-0.3, -0.25) is 14.4 Å². The van der Waals surface area contributed by atoms with Gasteiger partial charge in [0.2, 0.25) is 11.8 Å². The van der Waals surface area contributed by atoms with E-state index < -0.39 is 23.8 Å². The van der Waals surface area contributed by atoms with E-state index in [0.29, 0.717) is 61.8 Å². The van der Waals surface area contributed by atoms with Crippen molar-refractivity contribution in [2.24, 2.45) is 23.4 Å². The zero-order valence-electron chi connectivity index (χ0n) is 21.2. The van der Waals surface area contributed by atoms with Crippen molar-refractivity contribution >= 4 is 29.4 Å². The number of rotatable bonds is 8. The third-order valence-corrected chi connectivity index (χ3v) is 7.94. The normalized spacial score (nSPS) is 24.1. The van der Waals surface area contributed by atoms with Crippen LogP contribution in [0.3, 0.4) is 0 Å². The lowest BCUT2D eigenvalue weighted by Gasteiger charge is -2.43. The Morgan fingerprint density at radius 1 is 1.19 bits per heavy atom. The van der Waals surface area contributed by atoms with Crippen molar-refractivity contribution in [2.75, 3.05) is 33.3 Å². The fourth-order valence-corrected chi connectivity index (χ4v) is 6.12. The Labute approximate surface area is 222 Å². The van der Waals surface area contributed by atoms with Gasteiger partial charge < -0.3 is 30.4 Å². The van der Waals surface area contributed by atoms with Crippen LogP contribution in [0, 0.1) is 11.8 Å². The van der Waals surface area contributed by atoms with Crippen LogP contribution in [-0.2, 0) is 20.8 Å². The second kappa shape index (κ2) is 11.6. The van der Waals surface area contributed by atoms with E-state index in [0.717, 1.165) is 30.4 Å². The van der Waals surface area contributed by atoms with Crippen LogP contribution in [0.5, 0.6) is 5.75 Å². The second-order valence-corrected chi connectivity index (χ2v) is 10.6. The molecule has 1 aromatic carbocycles. The average molecular weight is 534 g/mol. The molecule has 0 aromatic heterocycles. The average Bonchev–Trinajstić information content (AvgIpc) is 3.27. The Hall–Kier alpha value is -2.98. The van der Waals surface area contributed by atoms with E-state index in [2.05, 4.69) is 0 Å². The SMILES string of the molecule is CN(N)/C=C(\N)COc1ccc(Cl)c2c1[C@@H](CN1CCCC1=O)N(C(=O)[C@@H]1CCCC[C@@H]1C(=O)O)CC2. The number of carbonyl (C=O) groups excluding carboxylic acids is 2. The molecule has 3 atom stereocenters. The van der Waals surface area contributed by atoms with E-state index in [1.165, 1.54) is 5.01 Å². The fourth-order valence-electron chi connectivity index (χ4n) is 5.86. The molecule has 37 heavy (non-hydrogen) atoms. The van der Waals surface area contributed by atoms with Gasteiger partial charge in [0.05, 0.1) is 23.6 Å². The molecule has 3 aliphatic rings. The van der Waals surface area contributed by atoms with Gasteiger partial charge in [0.15, 0.2) is 0 Å². The summed E-state index contributed by atoms with van der Waals surface area (Å²) in [5.74, 6) is 3.83. The van der Waals surface area contributed by atoms with Crippen molar-refractivity contribution in [1.82, 2.24) is 14.8 Å². The molecule has 1 saturated carbocycles. The number of carboxylic acids is 1. The number of hydrogen-bond acceptors (Lipinski definition) is 7. The number of benzene rings is 1. The van der Waals surface area contributed by atoms with Crippen LogP contribution in [0.1, 0.15) is 55.7 Å². The molecule has 1 aliphatic carbocycles. The maximum atomic E-state index is 14.0. The van der Waals surface area contributed by atoms with Crippen LogP contribution < -0.4 is 16.3 Å². The van der Waals surface area contributed by atoms with E-state index in [1.807, 2.05) is 0 Å². The number of carboxylic acid groups (broad SMARTS) is 1. The number of nitrogens with two attached hydrogens (primary N) is 2. The minimum Gasteiger partial charge on any atom is -0.487 e. The number of amides is 2. The number of likely N-dealkylation sites (tertiary alicyclic amines) is 1. The molecule has 0 spiro atoms. The van der Waals surface area contributed by atoms with Gasteiger partial charge in [0, 0.05) is 49.9 Å². The number of hydrogen-bond donors (Lipinski definition) is 3. The Bertz CT molecular complexity index is 1080. The lowest BCUT2D eigenvalue weighted by molar-refractivity contribution is -0.154. The molecule has 4 rings (SSSR count). The van der Waals surface area contributed by atoms with Crippen LogP contribution in [0.4, 0.5) is 0 Å². The van der Waals surface area contributed by atoms with Gasteiger partial charge >= 0.3 is 5.97 Å². The fraction of sp³-hybridized carbons (Fsp3) is 0.577. The third-order valence-electron chi connectivity index (χ3n) is 7.58. The standard InChI is InChI=1S/C26H36ClN5O5/c1-30(29)13-16(28)15-37-22-9-8-20(27)19-10-12-32(21(24(19)22)14-31-11-4-7-23(31)33)25(34)17-5-2-3-6-18(17)26(35)36/h8-9,13,17-18,21H,2-7,10-12,14-15,28-29H2,1H3,(H,35,36)/b16-13-/t17-,18+,21-/m1/s1. The predicted octanol–water partition coefficient (Wildman–Crippen LogP) is 2.26. The largest absolute Gasteiger partial charge is 0.487 e. The molecule has 2 aliphatic heterocycles. The molecule has 11 heteroatoms. The maximum Gasteiger partial charge on any atom is 0.307 e. The predicted molar refractivity (Wildman–Crippen MR) is 138 cm³/mol. The molecular formula is C26H36ClN5O5. The highest BCUT2D eigenvalue weighted by Gasteiger charge is 2.43. The van der Waals surface area contributed by atoms with Crippen molar-refractivity contribution in [3.63, 3.8) is 0 Å².